The number of hydrogen-bond donors (Lipinski definition) is 1. The van der Waals surface area contributed by atoms with E-state index in [9.17, 15) is 13.2 Å². The van der Waals surface area contributed by atoms with E-state index >= 15 is 0 Å². The first kappa shape index (κ1) is 16.0. The summed E-state index contributed by atoms with van der Waals surface area (Å²) in [5.74, 6) is -0.242. The highest BCUT2D eigenvalue weighted by Gasteiger charge is 2.28. The lowest BCUT2D eigenvalue weighted by Crippen LogP contribution is -2.11. The molecule has 3 nitrogen and oxygen atoms in total. The largest absolute Gasteiger partial charge is 0.493 e. The van der Waals surface area contributed by atoms with E-state index < -0.39 is 11.9 Å². The highest BCUT2D eigenvalue weighted by molar-refractivity contribution is 7.99. The monoisotopic (exact) mass is 295 g/mol. The molecule has 0 amide bonds. The molecule has 2 N–H and O–H groups in total. The van der Waals surface area contributed by atoms with Gasteiger partial charge in [-0.3, -0.25) is 0 Å². The van der Waals surface area contributed by atoms with Gasteiger partial charge in [-0.1, -0.05) is 0 Å². The fraction of sp³-hybridized carbons (Fsp3) is 0.500. The summed E-state index contributed by atoms with van der Waals surface area (Å²) in [6.45, 7) is 0.416. The van der Waals surface area contributed by atoms with Crippen LogP contribution >= 0.6 is 11.8 Å². The van der Waals surface area contributed by atoms with Crippen LogP contribution in [0.25, 0.3) is 0 Å². The van der Waals surface area contributed by atoms with E-state index in [1.807, 2.05) is 0 Å². The van der Waals surface area contributed by atoms with Gasteiger partial charge in [0.05, 0.1) is 24.9 Å². The molecule has 0 saturated carbocycles. The SMILES string of the molecule is COc1cc(CCN)cc(SCC(F)(F)F)c1OC. The van der Waals surface area contributed by atoms with E-state index in [0.29, 0.717) is 41.1 Å². The van der Waals surface area contributed by atoms with Gasteiger partial charge in [0.25, 0.3) is 0 Å². The number of rotatable bonds is 6. The van der Waals surface area contributed by atoms with Crippen LogP contribution in [0, 0.1) is 0 Å². The molecule has 0 aliphatic carbocycles. The van der Waals surface area contributed by atoms with Crippen molar-refractivity contribution in [1.82, 2.24) is 0 Å². The molecule has 0 radical (unpaired) electrons. The summed E-state index contributed by atoms with van der Waals surface area (Å²) in [5.41, 5.74) is 6.28. The standard InChI is InChI=1S/C12H16F3NO2S/c1-17-9-5-8(3-4-16)6-10(11(9)18-2)19-7-12(13,14)15/h5-6H,3-4,7,16H2,1-2H3. The molecular formula is C12H16F3NO2S. The molecule has 0 fully saturated rings. The van der Waals surface area contributed by atoms with Gasteiger partial charge in [-0.25, -0.2) is 0 Å². The van der Waals surface area contributed by atoms with E-state index in [4.69, 9.17) is 15.2 Å². The van der Waals surface area contributed by atoms with Crippen LogP contribution in [0.1, 0.15) is 5.56 Å². The number of thioether (sulfide) groups is 1. The van der Waals surface area contributed by atoms with Crippen LogP contribution in [-0.2, 0) is 6.42 Å². The number of alkyl halides is 3. The molecule has 0 unspecified atom stereocenters. The first-order valence-corrected chi connectivity index (χ1v) is 6.54. The zero-order valence-electron chi connectivity index (χ0n) is 10.7. The Bertz CT molecular complexity index is 424. The van der Waals surface area contributed by atoms with Crippen LogP contribution in [0.2, 0.25) is 0 Å². The van der Waals surface area contributed by atoms with E-state index in [1.165, 1.54) is 14.2 Å². The number of hydrogen-bond acceptors (Lipinski definition) is 4. The molecule has 0 heterocycles. The topological polar surface area (TPSA) is 44.5 Å². The number of ether oxygens (including phenoxy) is 2. The fourth-order valence-electron chi connectivity index (χ4n) is 1.56. The molecule has 0 saturated heterocycles. The Morgan fingerprint density at radius 2 is 1.89 bits per heavy atom. The molecule has 108 valence electrons. The van der Waals surface area contributed by atoms with Gasteiger partial charge >= 0.3 is 6.18 Å². The van der Waals surface area contributed by atoms with Gasteiger partial charge in [-0.2, -0.15) is 13.2 Å². The molecule has 0 bridgehead atoms. The van der Waals surface area contributed by atoms with Crippen molar-refractivity contribution in [3.8, 4) is 11.5 Å². The van der Waals surface area contributed by atoms with Crippen molar-refractivity contribution in [3.63, 3.8) is 0 Å². The molecule has 0 aliphatic rings. The second-order valence-electron chi connectivity index (χ2n) is 3.77. The highest BCUT2D eigenvalue weighted by Crippen LogP contribution is 2.40. The quantitative estimate of drug-likeness (QED) is 0.820. The lowest BCUT2D eigenvalue weighted by Gasteiger charge is -2.15. The van der Waals surface area contributed by atoms with Crippen LogP contribution < -0.4 is 15.2 Å². The van der Waals surface area contributed by atoms with Gasteiger partial charge in [-0.05, 0) is 30.7 Å². The summed E-state index contributed by atoms with van der Waals surface area (Å²) in [6, 6.07) is 3.38. The number of nitrogens with two attached hydrogens (primary N) is 1. The maximum absolute atomic E-state index is 12.3. The third-order valence-electron chi connectivity index (χ3n) is 2.33. The molecular weight excluding hydrogens is 279 g/mol. The minimum Gasteiger partial charge on any atom is -0.493 e. The van der Waals surface area contributed by atoms with Crippen molar-refractivity contribution in [2.45, 2.75) is 17.5 Å². The van der Waals surface area contributed by atoms with E-state index in [0.717, 1.165) is 5.56 Å². The van der Waals surface area contributed by atoms with Crippen LogP contribution in [0.15, 0.2) is 17.0 Å². The number of methoxy groups -OCH3 is 2. The van der Waals surface area contributed by atoms with Crippen molar-refractivity contribution >= 4 is 11.8 Å². The zero-order valence-corrected chi connectivity index (χ0v) is 11.5. The molecule has 7 heteroatoms. The van der Waals surface area contributed by atoms with E-state index in [1.54, 1.807) is 12.1 Å². The Labute approximate surface area is 114 Å². The number of benzene rings is 1. The highest BCUT2D eigenvalue weighted by atomic mass is 32.2. The molecule has 0 aromatic heterocycles. The second kappa shape index (κ2) is 6.91. The predicted octanol–water partition coefficient (Wildman–Crippen LogP) is 2.86. The second-order valence-corrected chi connectivity index (χ2v) is 4.79. The van der Waals surface area contributed by atoms with E-state index in [-0.39, 0.29) is 0 Å². The third kappa shape index (κ3) is 4.83. The lowest BCUT2D eigenvalue weighted by atomic mass is 10.1. The molecule has 19 heavy (non-hydrogen) atoms. The first-order chi connectivity index (χ1) is 8.91. The van der Waals surface area contributed by atoms with Crippen molar-refractivity contribution in [1.29, 1.82) is 0 Å². The average molecular weight is 295 g/mol. The summed E-state index contributed by atoms with van der Waals surface area (Å²) < 4.78 is 47.1. The van der Waals surface area contributed by atoms with Crippen LogP contribution in [0.4, 0.5) is 13.2 Å². The Morgan fingerprint density at radius 3 is 2.37 bits per heavy atom. The van der Waals surface area contributed by atoms with Gasteiger partial charge in [0.2, 0.25) is 0 Å². The van der Waals surface area contributed by atoms with Gasteiger partial charge in [0.15, 0.2) is 11.5 Å². The maximum atomic E-state index is 12.3. The smallest absolute Gasteiger partial charge is 0.398 e. The predicted molar refractivity (Wildman–Crippen MR) is 69.1 cm³/mol. The fourth-order valence-corrected chi connectivity index (χ4v) is 2.43. The van der Waals surface area contributed by atoms with Gasteiger partial charge < -0.3 is 15.2 Å². The molecule has 0 spiro atoms. The number of halogens is 3. The Balaban J connectivity index is 3.07. The maximum Gasteiger partial charge on any atom is 0.398 e. The molecule has 0 atom stereocenters. The van der Waals surface area contributed by atoms with Crippen molar-refractivity contribution in [2.75, 3.05) is 26.5 Å². The Morgan fingerprint density at radius 1 is 1.21 bits per heavy atom. The summed E-state index contributed by atoms with van der Waals surface area (Å²) >= 11 is 0.677. The zero-order chi connectivity index (χ0) is 14.5. The third-order valence-corrected chi connectivity index (χ3v) is 3.41. The van der Waals surface area contributed by atoms with Crippen LogP contribution in [-0.4, -0.2) is 32.7 Å². The van der Waals surface area contributed by atoms with Gasteiger partial charge in [-0.15, -0.1) is 11.8 Å². The average Bonchev–Trinajstić information content (AvgIpc) is 2.35. The van der Waals surface area contributed by atoms with E-state index in [2.05, 4.69) is 0 Å². The first-order valence-electron chi connectivity index (χ1n) is 5.55. The summed E-state index contributed by atoms with van der Waals surface area (Å²) in [4.78, 5) is 0.405. The molecule has 1 aromatic carbocycles. The molecule has 1 aromatic rings. The van der Waals surface area contributed by atoms with Crippen molar-refractivity contribution < 1.29 is 22.6 Å². The van der Waals surface area contributed by atoms with Crippen molar-refractivity contribution in [3.05, 3.63) is 17.7 Å². The van der Waals surface area contributed by atoms with Crippen molar-refractivity contribution in [2.24, 2.45) is 5.73 Å². The molecule has 1 rings (SSSR count). The van der Waals surface area contributed by atoms with Gasteiger partial charge in [0, 0.05) is 0 Å². The normalized spacial score (nSPS) is 11.5. The molecule has 0 aliphatic heterocycles. The summed E-state index contributed by atoms with van der Waals surface area (Å²) in [5, 5.41) is 0. The minimum atomic E-state index is -4.23. The summed E-state index contributed by atoms with van der Waals surface area (Å²) in [7, 11) is 2.85. The Hall–Kier alpha value is -1.08. The minimum absolute atomic E-state index is 0.317. The van der Waals surface area contributed by atoms with Crippen LogP contribution in [0.5, 0.6) is 11.5 Å². The van der Waals surface area contributed by atoms with Gasteiger partial charge in [0.1, 0.15) is 0 Å². The van der Waals surface area contributed by atoms with Crippen LogP contribution in [0.3, 0.4) is 0 Å². The Kier molecular flexibility index (Phi) is 5.81. The summed E-state index contributed by atoms with van der Waals surface area (Å²) in [6.07, 6.45) is -3.66. The lowest BCUT2D eigenvalue weighted by molar-refractivity contribution is -0.105.